The van der Waals surface area contributed by atoms with Crippen LogP contribution in [0.25, 0.3) is 5.57 Å². The fourth-order valence-electron chi connectivity index (χ4n) is 2.11. The molecule has 0 unspecified atom stereocenters. The normalized spacial score (nSPS) is 14.5. The first kappa shape index (κ1) is 13.4. The highest BCUT2D eigenvalue weighted by Gasteiger charge is 2.31. The Kier molecular flexibility index (Phi) is 2.84. The molecule has 0 saturated heterocycles. The number of rotatable bonds is 2. The number of ether oxygens (including phenoxy) is 1. The molecular formula is C15H10O5S. The van der Waals surface area contributed by atoms with Gasteiger partial charge in [-0.2, -0.15) is 0 Å². The van der Waals surface area contributed by atoms with Gasteiger partial charge in [-0.05, 0) is 29.8 Å². The van der Waals surface area contributed by atoms with Crippen molar-refractivity contribution in [3.8, 4) is 11.5 Å². The van der Waals surface area contributed by atoms with Crippen LogP contribution in [0.15, 0.2) is 58.8 Å². The van der Waals surface area contributed by atoms with Gasteiger partial charge in [-0.1, -0.05) is 24.8 Å². The number of aliphatic carboxylic acids is 1. The first-order valence-electron chi connectivity index (χ1n) is 6.00. The van der Waals surface area contributed by atoms with Gasteiger partial charge in [-0.15, -0.1) is 0 Å². The van der Waals surface area contributed by atoms with Crippen LogP contribution >= 0.6 is 0 Å². The molecule has 0 atom stereocenters. The van der Waals surface area contributed by atoms with Crippen molar-refractivity contribution in [1.29, 1.82) is 0 Å². The standard InChI is InChI=1S/C15H10O5S/c1-9(15(16)17)10-6-7-12-14(8-10)21(18,19)13-5-3-2-4-11(13)20-12/h2-8H,1H2,(H,16,17). The van der Waals surface area contributed by atoms with E-state index in [0.717, 1.165) is 0 Å². The molecule has 0 bridgehead atoms. The molecule has 1 aliphatic rings. The van der Waals surface area contributed by atoms with E-state index in [-0.39, 0.29) is 32.4 Å². The highest BCUT2D eigenvalue weighted by atomic mass is 32.2. The third kappa shape index (κ3) is 2.00. The Morgan fingerprint density at radius 2 is 1.71 bits per heavy atom. The number of benzene rings is 2. The molecule has 106 valence electrons. The van der Waals surface area contributed by atoms with Crippen molar-refractivity contribution >= 4 is 21.4 Å². The van der Waals surface area contributed by atoms with Crippen molar-refractivity contribution < 1.29 is 23.1 Å². The summed E-state index contributed by atoms with van der Waals surface area (Å²) in [6, 6.07) is 10.5. The lowest BCUT2D eigenvalue weighted by Gasteiger charge is -2.20. The van der Waals surface area contributed by atoms with E-state index in [2.05, 4.69) is 6.58 Å². The summed E-state index contributed by atoms with van der Waals surface area (Å²) in [6.45, 7) is 3.43. The molecule has 2 aromatic rings. The zero-order valence-electron chi connectivity index (χ0n) is 10.7. The zero-order chi connectivity index (χ0) is 15.2. The van der Waals surface area contributed by atoms with Gasteiger partial charge in [0, 0.05) is 0 Å². The van der Waals surface area contributed by atoms with Crippen LogP contribution in [-0.4, -0.2) is 19.5 Å². The number of hydrogen-bond donors (Lipinski definition) is 1. The Bertz CT molecular complexity index is 881. The zero-order valence-corrected chi connectivity index (χ0v) is 11.6. The van der Waals surface area contributed by atoms with E-state index in [1.807, 2.05) is 0 Å². The number of para-hydroxylation sites is 1. The van der Waals surface area contributed by atoms with Crippen LogP contribution in [0.4, 0.5) is 0 Å². The number of carbonyl (C=O) groups is 1. The summed E-state index contributed by atoms with van der Waals surface area (Å²) in [5, 5.41) is 8.95. The van der Waals surface area contributed by atoms with Gasteiger partial charge in [0.05, 0.1) is 5.57 Å². The Balaban J connectivity index is 2.22. The predicted molar refractivity (Wildman–Crippen MR) is 75.1 cm³/mol. The number of carboxylic acid groups (broad SMARTS) is 1. The summed E-state index contributed by atoms with van der Waals surface area (Å²) in [5.74, 6) is -0.769. The van der Waals surface area contributed by atoms with E-state index in [0.29, 0.717) is 0 Å². The van der Waals surface area contributed by atoms with Gasteiger partial charge < -0.3 is 9.84 Å². The monoisotopic (exact) mass is 302 g/mol. The second kappa shape index (κ2) is 4.46. The number of sulfone groups is 1. The molecular weight excluding hydrogens is 292 g/mol. The van der Waals surface area contributed by atoms with E-state index < -0.39 is 15.8 Å². The summed E-state index contributed by atoms with van der Waals surface area (Å²) >= 11 is 0. The summed E-state index contributed by atoms with van der Waals surface area (Å²) < 4.78 is 30.7. The van der Waals surface area contributed by atoms with E-state index in [4.69, 9.17) is 9.84 Å². The fourth-order valence-corrected chi connectivity index (χ4v) is 3.63. The molecule has 0 spiro atoms. The molecule has 1 heterocycles. The van der Waals surface area contributed by atoms with Gasteiger partial charge in [-0.25, -0.2) is 13.2 Å². The molecule has 5 nitrogen and oxygen atoms in total. The van der Waals surface area contributed by atoms with Crippen molar-refractivity contribution in [3.05, 3.63) is 54.6 Å². The average Bonchev–Trinajstić information content (AvgIpc) is 2.46. The third-order valence-electron chi connectivity index (χ3n) is 3.20. The molecule has 0 saturated carbocycles. The third-order valence-corrected chi connectivity index (χ3v) is 5.01. The largest absolute Gasteiger partial charge is 0.478 e. The Morgan fingerprint density at radius 1 is 1.05 bits per heavy atom. The van der Waals surface area contributed by atoms with Crippen LogP contribution in [0, 0.1) is 0 Å². The molecule has 0 radical (unpaired) electrons. The van der Waals surface area contributed by atoms with Gasteiger partial charge in [0.2, 0.25) is 9.84 Å². The van der Waals surface area contributed by atoms with Crippen LogP contribution in [0.2, 0.25) is 0 Å². The lowest BCUT2D eigenvalue weighted by molar-refractivity contribution is -0.130. The van der Waals surface area contributed by atoms with Crippen molar-refractivity contribution in [1.82, 2.24) is 0 Å². The van der Waals surface area contributed by atoms with Crippen molar-refractivity contribution in [2.75, 3.05) is 0 Å². The molecule has 1 N–H and O–H groups in total. The smallest absolute Gasteiger partial charge is 0.335 e. The minimum absolute atomic E-state index is 0.0545. The van der Waals surface area contributed by atoms with Crippen molar-refractivity contribution in [2.45, 2.75) is 9.79 Å². The van der Waals surface area contributed by atoms with Crippen molar-refractivity contribution in [3.63, 3.8) is 0 Å². The van der Waals surface area contributed by atoms with Crippen LogP contribution in [0.3, 0.4) is 0 Å². The van der Waals surface area contributed by atoms with E-state index in [1.54, 1.807) is 18.2 Å². The molecule has 0 fully saturated rings. The number of fused-ring (bicyclic) bond motifs is 2. The van der Waals surface area contributed by atoms with Crippen molar-refractivity contribution in [2.24, 2.45) is 0 Å². The molecule has 3 rings (SSSR count). The Hall–Kier alpha value is -2.60. The topological polar surface area (TPSA) is 80.7 Å². The van der Waals surface area contributed by atoms with E-state index >= 15 is 0 Å². The molecule has 21 heavy (non-hydrogen) atoms. The Morgan fingerprint density at radius 3 is 2.43 bits per heavy atom. The second-order valence-electron chi connectivity index (χ2n) is 4.50. The number of hydrogen-bond acceptors (Lipinski definition) is 4. The highest BCUT2D eigenvalue weighted by molar-refractivity contribution is 7.91. The Labute approximate surface area is 121 Å². The fraction of sp³-hybridized carbons (Fsp3) is 0. The average molecular weight is 302 g/mol. The second-order valence-corrected chi connectivity index (χ2v) is 6.38. The molecule has 6 heteroatoms. The van der Waals surface area contributed by atoms with Crippen LogP contribution < -0.4 is 4.74 Å². The summed E-state index contributed by atoms with van der Waals surface area (Å²) in [4.78, 5) is 11.0. The molecule has 0 aromatic heterocycles. The SMILES string of the molecule is C=C(C(=O)O)c1ccc2c(c1)S(=O)(=O)c1ccccc1O2. The van der Waals surface area contributed by atoms with Gasteiger partial charge in [-0.3, -0.25) is 0 Å². The highest BCUT2D eigenvalue weighted by Crippen LogP contribution is 2.43. The molecule has 1 aliphatic heterocycles. The maximum Gasteiger partial charge on any atom is 0.335 e. The molecule has 2 aromatic carbocycles. The lowest BCUT2D eigenvalue weighted by Crippen LogP contribution is -2.11. The maximum atomic E-state index is 12.6. The van der Waals surface area contributed by atoms with Crippen LogP contribution in [0.1, 0.15) is 5.56 Å². The predicted octanol–water partition coefficient (Wildman–Crippen LogP) is 2.72. The van der Waals surface area contributed by atoms with Crippen LogP contribution in [-0.2, 0) is 14.6 Å². The summed E-state index contributed by atoms with van der Waals surface area (Å²) in [6.07, 6.45) is 0. The summed E-state index contributed by atoms with van der Waals surface area (Å²) in [5.41, 5.74) is 0.0552. The maximum absolute atomic E-state index is 12.6. The van der Waals surface area contributed by atoms with Gasteiger partial charge in [0.1, 0.15) is 21.3 Å². The summed E-state index contributed by atoms with van der Waals surface area (Å²) in [7, 11) is -3.74. The minimum atomic E-state index is -3.74. The first-order valence-corrected chi connectivity index (χ1v) is 7.48. The van der Waals surface area contributed by atoms with Gasteiger partial charge in [0.15, 0.2) is 0 Å². The number of carboxylic acids is 1. The molecule has 0 aliphatic carbocycles. The van der Waals surface area contributed by atoms with E-state index in [9.17, 15) is 13.2 Å². The van der Waals surface area contributed by atoms with Gasteiger partial charge >= 0.3 is 5.97 Å². The van der Waals surface area contributed by atoms with Crippen LogP contribution in [0.5, 0.6) is 11.5 Å². The quantitative estimate of drug-likeness (QED) is 0.736. The lowest BCUT2D eigenvalue weighted by atomic mass is 10.1. The van der Waals surface area contributed by atoms with E-state index in [1.165, 1.54) is 24.3 Å². The first-order chi connectivity index (χ1) is 9.91. The molecule has 0 amide bonds. The minimum Gasteiger partial charge on any atom is -0.478 e. The van der Waals surface area contributed by atoms with Gasteiger partial charge in [0.25, 0.3) is 0 Å².